The van der Waals surface area contributed by atoms with Gasteiger partial charge < -0.3 is 15.4 Å². The fraction of sp³-hybridized carbons (Fsp3) is 0.435. The second kappa shape index (κ2) is 10.6. The van der Waals surface area contributed by atoms with Gasteiger partial charge in [0.25, 0.3) is 11.8 Å². The van der Waals surface area contributed by atoms with Crippen LogP contribution in [0.2, 0.25) is 0 Å². The number of para-hydroxylation sites is 1. The Balaban J connectivity index is 1.55. The minimum atomic E-state index is -0.288. The van der Waals surface area contributed by atoms with Crippen molar-refractivity contribution in [3.8, 4) is 5.75 Å². The largest absolute Gasteiger partial charge is 0.496 e. The summed E-state index contributed by atoms with van der Waals surface area (Å²) >= 11 is 0. The summed E-state index contributed by atoms with van der Waals surface area (Å²) in [7, 11) is 1.63. The number of rotatable bonds is 7. The van der Waals surface area contributed by atoms with Gasteiger partial charge in [0.15, 0.2) is 0 Å². The number of methoxy groups -OCH3 is 1. The molecule has 1 saturated carbocycles. The molecule has 0 unspecified atom stereocenters. The lowest BCUT2D eigenvalue weighted by Gasteiger charge is -2.16. The number of nitrogens with one attached hydrogen (secondary N) is 2. The quantitative estimate of drug-likeness (QED) is 0.703. The predicted molar refractivity (Wildman–Crippen MR) is 112 cm³/mol. The third-order valence-corrected chi connectivity index (χ3v) is 5.32. The third-order valence-electron chi connectivity index (χ3n) is 5.32. The molecule has 0 saturated heterocycles. The summed E-state index contributed by atoms with van der Waals surface area (Å²) in [5.74, 6) is 0.378. The minimum absolute atomic E-state index is 0.137. The summed E-state index contributed by atoms with van der Waals surface area (Å²) in [4.78, 5) is 29.2. The van der Waals surface area contributed by atoms with E-state index >= 15 is 0 Å². The topological polar surface area (TPSA) is 80.3 Å². The van der Waals surface area contributed by atoms with Gasteiger partial charge in [-0.05, 0) is 43.0 Å². The SMILES string of the molecule is COc1ccccc1CCNC(=O)c1cc(C(=O)NC2CCCCCC2)ccn1. The molecule has 0 bridgehead atoms. The molecule has 1 aliphatic carbocycles. The van der Waals surface area contributed by atoms with Gasteiger partial charge in [0.1, 0.15) is 11.4 Å². The Labute approximate surface area is 172 Å². The van der Waals surface area contributed by atoms with E-state index in [1.165, 1.54) is 19.0 Å². The number of carbonyl (C=O) groups is 2. The molecule has 2 amide bonds. The first-order chi connectivity index (χ1) is 14.2. The van der Waals surface area contributed by atoms with Crippen molar-refractivity contribution in [1.82, 2.24) is 15.6 Å². The van der Waals surface area contributed by atoms with Gasteiger partial charge in [-0.25, -0.2) is 0 Å². The average molecular weight is 396 g/mol. The monoisotopic (exact) mass is 395 g/mol. The molecule has 0 spiro atoms. The van der Waals surface area contributed by atoms with Crippen molar-refractivity contribution in [1.29, 1.82) is 0 Å². The van der Waals surface area contributed by atoms with Crippen LogP contribution < -0.4 is 15.4 Å². The highest BCUT2D eigenvalue weighted by molar-refractivity contribution is 5.98. The molecule has 1 aromatic heterocycles. The average Bonchev–Trinajstić information content (AvgIpc) is 3.02. The van der Waals surface area contributed by atoms with Crippen LogP contribution in [0.3, 0.4) is 0 Å². The standard InChI is InChI=1S/C23H29N3O3/c1-29-21-11-7-6-8-17(21)12-15-25-23(28)20-16-18(13-14-24-20)22(27)26-19-9-4-2-3-5-10-19/h6-8,11,13-14,16,19H,2-5,9-10,12,15H2,1H3,(H,25,28)(H,26,27). The maximum absolute atomic E-state index is 12.6. The minimum Gasteiger partial charge on any atom is -0.496 e. The van der Waals surface area contributed by atoms with Gasteiger partial charge in [-0.3, -0.25) is 14.6 Å². The van der Waals surface area contributed by atoms with Crippen LogP contribution in [-0.4, -0.2) is 36.5 Å². The highest BCUT2D eigenvalue weighted by Crippen LogP contribution is 2.18. The molecule has 2 N–H and O–H groups in total. The molecule has 0 atom stereocenters. The van der Waals surface area contributed by atoms with Crippen LogP contribution in [0.1, 0.15) is 64.9 Å². The molecule has 29 heavy (non-hydrogen) atoms. The predicted octanol–water partition coefficient (Wildman–Crippen LogP) is 3.52. The van der Waals surface area contributed by atoms with Crippen molar-refractivity contribution in [2.45, 2.75) is 51.0 Å². The maximum atomic E-state index is 12.6. The van der Waals surface area contributed by atoms with E-state index in [4.69, 9.17) is 4.74 Å². The second-order valence-electron chi connectivity index (χ2n) is 7.41. The van der Waals surface area contributed by atoms with Crippen molar-refractivity contribution in [2.24, 2.45) is 0 Å². The van der Waals surface area contributed by atoms with E-state index in [9.17, 15) is 9.59 Å². The van der Waals surface area contributed by atoms with Crippen LogP contribution in [0.5, 0.6) is 5.75 Å². The van der Waals surface area contributed by atoms with Gasteiger partial charge in [-0.2, -0.15) is 0 Å². The van der Waals surface area contributed by atoms with Gasteiger partial charge in [0.05, 0.1) is 7.11 Å². The lowest BCUT2D eigenvalue weighted by Crippen LogP contribution is -2.34. The number of amides is 2. The highest BCUT2D eigenvalue weighted by Gasteiger charge is 2.17. The smallest absolute Gasteiger partial charge is 0.269 e. The van der Waals surface area contributed by atoms with Gasteiger partial charge >= 0.3 is 0 Å². The van der Waals surface area contributed by atoms with Crippen LogP contribution in [0.25, 0.3) is 0 Å². The first-order valence-corrected chi connectivity index (χ1v) is 10.3. The molecular weight excluding hydrogens is 366 g/mol. The van der Waals surface area contributed by atoms with E-state index in [1.807, 2.05) is 24.3 Å². The fourth-order valence-corrected chi connectivity index (χ4v) is 3.70. The Bertz CT molecular complexity index is 830. The fourth-order valence-electron chi connectivity index (χ4n) is 3.70. The first kappa shape index (κ1) is 20.8. The van der Waals surface area contributed by atoms with Gasteiger partial charge in [0, 0.05) is 24.3 Å². The molecule has 6 nitrogen and oxygen atoms in total. The molecule has 1 aromatic carbocycles. The first-order valence-electron chi connectivity index (χ1n) is 10.3. The van der Waals surface area contributed by atoms with Crippen molar-refractivity contribution in [2.75, 3.05) is 13.7 Å². The number of ether oxygens (including phenoxy) is 1. The molecule has 2 aromatic rings. The Kier molecular flexibility index (Phi) is 7.61. The van der Waals surface area contributed by atoms with Crippen molar-refractivity contribution < 1.29 is 14.3 Å². The van der Waals surface area contributed by atoms with E-state index in [0.717, 1.165) is 37.0 Å². The van der Waals surface area contributed by atoms with E-state index in [0.29, 0.717) is 18.5 Å². The van der Waals surface area contributed by atoms with Gasteiger partial charge in [-0.1, -0.05) is 43.9 Å². The van der Waals surface area contributed by atoms with Crippen molar-refractivity contribution in [3.05, 3.63) is 59.4 Å². The molecule has 1 fully saturated rings. The van der Waals surface area contributed by atoms with Crippen LogP contribution in [0.4, 0.5) is 0 Å². The Morgan fingerprint density at radius 2 is 1.83 bits per heavy atom. The zero-order chi connectivity index (χ0) is 20.5. The van der Waals surface area contributed by atoms with E-state index < -0.39 is 0 Å². The number of hydrogen-bond acceptors (Lipinski definition) is 4. The number of carbonyl (C=O) groups excluding carboxylic acids is 2. The summed E-state index contributed by atoms with van der Waals surface area (Å²) in [5, 5.41) is 5.97. The zero-order valence-corrected chi connectivity index (χ0v) is 16.9. The lowest BCUT2D eigenvalue weighted by atomic mass is 10.1. The van der Waals surface area contributed by atoms with Crippen LogP contribution in [-0.2, 0) is 6.42 Å². The molecule has 0 radical (unpaired) electrons. The van der Waals surface area contributed by atoms with Crippen molar-refractivity contribution >= 4 is 11.8 Å². The summed E-state index contributed by atoms with van der Waals surface area (Å²) in [6.07, 6.45) is 8.99. The van der Waals surface area contributed by atoms with Gasteiger partial charge in [-0.15, -0.1) is 0 Å². The number of aromatic nitrogens is 1. The van der Waals surface area contributed by atoms with E-state index in [2.05, 4.69) is 15.6 Å². The molecule has 1 aliphatic rings. The van der Waals surface area contributed by atoms with Crippen LogP contribution in [0, 0.1) is 0 Å². The van der Waals surface area contributed by atoms with Crippen LogP contribution >= 0.6 is 0 Å². The summed E-state index contributed by atoms with van der Waals surface area (Å²) in [5.41, 5.74) is 1.75. The molecule has 1 heterocycles. The third kappa shape index (κ3) is 6.04. The number of nitrogens with zero attached hydrogens (tertiary/aromatic N) is 1. The summed E-state index contributed by atoms with van der Waals surface area (Å²) in [6.45, 7) is 0.458. The van der Waals surface area contributed by atoms with E-state index in [1.54, 1.807) is 19.2 Å². The molecule has 0 aliphatic heterocycles. The lowest BCUT2D eigenvalue weighted by molar-refractivity contribution is 0.0933. The van der Waals surface area contributed by atoms with Crippen LogP contribution in [0.15, 0.2) is 42.6 Å². The zero-order valence-electron chi connectivity index (χ0n) is 16.9. The molecular formula is C23H29N3O3. The molecule has 3 rings (SSSR count). The maximum Gasteiger partial charge on any atom is 0.269 e. The number of benzene rings is 1. The highest BCUT2D eigenvalue weighted by atomic mass is 16.5. The second-order valence-corrected chi connectivity index (χ2v) is 7.41. The van der Waals surface area contributed by atoms with Crippen molar-refractivity contribution in [3.63, 3.8) is 0 Å². The summed E-state index contributed by atoms with van der Waals surface area (Å²) in [6, 6.07) is 11.2. The normalized spacial score (nSPS) is 14.7. The molecule has 154 valence electrons. The number of pyridine rings is 1. The summed E-state index contributed by atoms with van der Waals surface area (Å²) < 4.78 is 5.33. The molecule has 6 heteroatoms. The Morgan fingerprint density at radius 1 is 1.07 bits per heavy atom. The van der Waals surface area contributed by atoms with E-state index in [-0.39, 0.29) is 23.6 Å². The number of hydrogen-bond donors (Lipinski definition) is 2. The van der Waals surface area contributed by atoms with Gasteiger partial charge in [0.2, 0.25) is 0 Å². The Morgan fingerprint density at radius 3 is 2.59 bits per heavy atom. The Hall–Kier alpha value is -2.89.